The predicted octanol–water partition coefficient (Wildman–Crippen LogP) is 17.2. The van der Waals surface area contributed by atoms with Gasteiger partial charge in [-0.2, -0.15) is 0 Å². The molecular formula is C65H40N4O. The van der Waals surface area contributed by atoms with Crippen molar-refractivity contribution in [2.24, 2.45) is 0 Å². The van der Waals surface area contributed by atoms with Crippen LogP contribution in [-0.2, 0) is 0 Å². The van der Waals surface area contributed by atoms with E-state index < -0.39 is 0 Å². The summed E-state index contributed by atoms with van der Waals surface area (Å²) in [6.45, 7) is 0. The quantitative estimate of drug-likeness (QED) is 0.160. The molecule has 0 fully saturated rings. The van der Waals surface area contributed by atoms with Crippen LogP contribution in [0.25, 0.3) is 139 Å². The Labute approximate surface area is 403 Å². The molecule has 14 rings (SSSR count). The van der Waals surface area contributed by atoms with E-state index in [0.717, 1.165) is 88.7 Å². The number of hydrogen-bond acceptors (Lipinski definition) is 4. The molecule has 0 saturated heterocycles. The van der Waals surface area contributed by atoms with Crippen LogP contribution in [-0.4, -0.2) is 19.5 Å². The summed E-state index contributed by atoms with van der Waals surface area (Å²) in [6.07, 6.45) is 0. The molecule has 0 saturated carbocycles. The summed E-state index contributed by atoms with van der Waals surface area (Å²) < 4.78 is 8.97. The highest BCUT2D eigenvalue weighted by atomic mass is 16.3. The highest BCUT2D eigenvalue weighted by Crippen LogP contribution is 2.42. The van der Waals surface area contributed by atoms with E-state index in [0.29, 0.717) is 17.5 Å². The Morgan fingerprint density at radius 1 is 0.271 bits per heavy atom. The standard InChI is InChI=1S/C65H40N4O/c1-3-13-41(14-4-1)43-23-27-45(28-24-43)63-66-64(46-29-25-44(26-30-46)42-15-5-2-6-16-42)68-65(67-63)55-34-32-52(40-56(55)51-31-33-54-53-21-11-12-22-61(53)70-62(54)39-51)69-59-37-49-19-9-7-17-47(49)35-57(59)58-36-48-18-8-10-20-50(48)38-60(58)69/h1-40H. The second-order valence-corrected chi connectivity index (χ2v) is 18.0. The Morgan fingerprint density at radius 3 is 1.29 bits per heavy atom. The van der Waals surface area contributed by atoms with Gasteiger partial charge in [0.1, 0.15) is 11.2 Å². The first-order valence-electron chi connectivity index (χ1n) is 23.7. The zero-order valence-corrected chi connectivity index (χ0v) is 37.8. The number of para-hydroxylation sites is 1. The minimum Gasteiger partial charge on any atom is -0.456 e. The fourth-order valence-corrected chi connectivity index (χ4v) is 10.3. The largest absolute Gasteiger partial charge is 0.456 e. The van der Waals surface area contributed by atoms with Gasteiger partial charge in [0.05, 0.1) is 11.0 Å². The fourth-order valence-electron chi connectivity index (χ4n) is 10.3. The lowest BCUT2D eigenvalue weighted by Gasteiger charge is -2.16. The molecule has 0 amide bonds. The van der Waals surface area contributed by atoms with Crippen LogP contribution in [0.2, 0.25) is 0 Å². The van der Waals surface area contributed by atoms with Crippen LogP contribution >= 0.6 is 0 Å². The molecule has 0 spiro atoms. The maximum absolute atomic E-state index is 6.55. The lowest BCUT2D eigenvalue weighted by atomic mass is 9.96. The molecule has 0 aliphatic rings. The molecule has 5 heteroatoms. The molecule has 0 atom stereocenters. The summed E-state index contributed by atoms with van der Waals surface area (Å²) in [4.78, 5) is 15.9. The minimum absolute atomic E-state index is 0.574. The van der Waals surface area contributed by atoms with E-state index in [9.17, 15) is 0 Å². The first kappa shape index (κ1) is 39.7. The molecule has 0 bridgehead atoms. The minimum atomic E-state index is 0.574. The Hall–Kier alpha value is -9.45. The summed E-state index contributed by atoms with van der Waals surface area (Å²) in [7, 11) is 0. The number of hydrogen-bond donors (Lipinski definition) is 0. The third-order valence-corrected chi connectivity index (χ3v) is 13.8. The van der Waals surface area contributed by atoms with Crippen molar-refractivity contribution in [3.05, 3.63) is 243 Å². The summed E-state index contributed by atoms with van der Waals surface area (Å²) in [5, 5.41) is 9.37. The van der Waals surface area contributed by atoms with Crippen molar-refractivity contribution >= 4 is 65.3 Å². The molecule has 326 valence electrons. The van der Waals surface area contributed by atoms with Gasteiger partial charge in [-0.15, -0.1) is 0 Å². The molecule has 3 heterocycles. The topological polar surface area (TPSA) is 56.7 Å². The third kappa shape index (κ3) is 6.75. The number of aromatic nitrogens is 4. The van der Waals surface area contributed by atoms with Gasteiger partial charge in [0, 0.05) is 43.9 Å². The first-order valence-corrected chi connectivity index (χ1v) is 23.7. The Balaban J connectivity index is 1.01. The highest BCUT2D eigenvalue weighted by Gasteiger charge is 2.21. The average Bonchev–Trinajstić information content (AvgIpc) is 3.96. The molecule has 0 unspecified atom stereocenters. The SMILES string of the molecule is c1ccc(-c2ccc(-c3nc(-c4ccc(-c5ccccc5)cc4)nc(-c4ccc(-n5c6cc7ccccc7cc6c6cc7ccccc7cc65)cc4-c4ccc5c(c4)oc4ccccc45)n3)cc2)cc1. The van der Waals surface area contributed by atoms with Crippen molar-refractivity contribution in [2.45, 2.75) is 0 Å². The molecule has 14 aromatic rings. The summed E-state index contributed by atoms with van der Waals surface area (Å²) in [5.41, 5.74) is 14.2. The van der Waals surface area contributed by atoms with E-state index in [1.807, 2.05) is 24.3 Å². The smallest absolute Gasteiger partial charge is 0.164 e. The fraction of sp³-hybridized carbons (Fsp3) is 0. The van der Waals surface area contributed by atoms with Gasteiger partial charge in [-0.05, 0) is 116 Å². The van der Waals surface area contributed by atoms with Gasteiger partial charge in [0.2, 0.25) is 0 Å². The number of benzene rings is 11. The van der Waals surface area contributed by atoms with E-state index in [1.54, 1.807) is 0 Å². The normalized spacial score (nSPS) is 11.7. The van der Waals surface area contributed by atoms with Crippen molar-refractivity contribution in [3.63, 3.8) is 0 Å². The Morgan fingerprint density at radius 2 is 0.714 bits per heavy atom. The summed E-state index contributed by atoms with van der Waals surface area (Å²) in [6, 6.07) is 86.0. The maximum Gasteiger partial charge on any atom is 0.164 e. The van der Waals surface area contributed by atoms with Gasteiger partial charge in [-0.25, -0.2) is 15.0 Å². The highest BCUT2D eigenvalue weighted by molar-refractivity contribution is 6.17. The van der Waals surface area contributed by atoms with Gasteiger partial charge >= 0.3 is 0 Å². The number of furan rings is 1. The van der Waals surface area contributed by atoms with Crippen molar-refractivity contribution in [1.82, 2.24) is 19.5 Å². The van der Waals surface area contributed by atoms with Gasteiger partial charge in [0.15, 0.2) is 17.5 Å². The van der Waals surface area contributed by atoms with Crippen LogP contribution in [0.15, 0.2) is 247 Å². The van der Waals surface area contributed by atoms with E-state index in [4.69, 9.17) is 19.4 Å². The predicted molar refractivity (Wildman–Crippen MR) is 289 cm³/mol. The Bertz CT molecular complexity index is 4130. The lowest BCUT2D eigenvalue weighted by Crippen LogP contribution is -2.02. The van der Waals surface area contributed by atoms with Crippen LogP contribution in [0.3, 0.4) is 0 Å². The second-order valence-electron chi connectivity index (χ2n) is 18.0. The average molecular weight is 893 g/mol. The van der Waals surface area contributed by atoms with Crippen LogP contribution < -0.4 is 0 Å². The maximum atomic E-state index is 6.55. The van der Waals surface area contributed by atoms with Crippen LogP contribution in [0.1, 0.15) is 0 Å². The van der Waals surface area contributed by atoms with Gasteiger partial charge in [-0.1, -0.05) is 182 Å². The molecular weight excluding hydrogens is 853 g/mol. The van der Waals surface area contributed by atoms with Gasteiger partial charge in [0.25, 0.3) is 0 Å². The molecule has 0 radical (unpaired) electrons. The van der Waals surface area contributed by atoms with Crippen molar-refractivity contribution in [1.29, 1.82) is 0 Å². The van der Waals surface area contributed by atoms with Gasteiger partial charge < -0.3 is 8.98 Å². The second kappa shape index (κ2) is 16.1. The molecule has 5 nitrogen and oxygen atoms in total. The lowest BCUT2D eigenvalue weighted by molar-refractivity contribution is 0.669. The molecule has 3 aromatic heterocycles. The van der Waals surface area contributed by atoms with Gasteiger partial charge in [-0.3, -0.25) is 0 Å². The van der Waals surface area contributed by atoms with Crippen molar-refractivity contribution < 1.29 is 4.42 Å². The zero-order valence-electron chi connectivity index (χ0n) is 37.8. The molecule has 70 heavy (non-hydrogen) atoms. The van der Waals surface area contributed by atoms with Crippen LogP contribution in [0.4, 0.5) is 0 Å². The molecule has 0 aliphatic carbocycles. The van der Waals surface area contributed by atoms with E-state index in [1.165, 1.54) is 32.3 Å². The van der Waals surface area contributed by atoms with E-state index >= 15 is 0 Å². The van der Waals surface area contributed by atoms with E-state index in [2.05, 4.69) is 223 Å². The third-order valence-electron chi connectivity index (χ3n) is 13.8. The number of nitrogens with zero attached hydrogens (tertiary/aromatic N) is 4. The van der Waals surface area contributed by atoms with Crippen molar-refractivity contribution in [2.75, 3.05) is 0 Å². The van der Waals surface area contributed by atoms with Crippen LogP contribution in [0, 0.1) is 0 Å². The Kier molecular flexibility index (Phi) is 9.14. The first-order chi connectivity index (χ1) is 34.6. The monoisotopic (exact) mass is 892 g/mol. The molecule has 0 N–H and O–H groups in total. The van der Waals surface area contributed by atoms with Crippen LogP contribution in [0.5, 0.6) is 0 Å². The molecule has 0 aliphatic heterocycles. The summed E-state index contributed by atoms with van der Waals surface area (Å²) >= 11 is 0. The number of fused-ring (bicyclic) bond motifs is 8. The molecule has 11 aromatic carbocycles. The van der Waals surface area contributed by atoms with E-state index in [-0.39, 0.29) is 0 Å². The summed E-state index contributed by atoms with van der Waals surface area (Å²) in [5.74, 6) is 1.76. The number of rotatable bonds is 7. The van der Waals surface area contributed by atoms with Crippen molar-refractivity contribution in [3.8, 4) is 73.2 Å². The zero-order chi connectivity index (χ0) is 46.1.